The highest BCUT2D eigenvalue weighted by Crippen LogP contribution is 2.00. The quantitative estimate of drug-likeness (QED) is 0.607. The monoisotopic (exact) mass is 206 g/mol. The van der Waals surface area contributed by atoms with Gasteiger partial charge in [0.15, 0.2) is 0 Å². The predicted octanol–water partition coefficient (Wildman–Crippen LogP) is -0.593. The molecule has 74 valence electrons. The fourth-order valence-corrected chi connectivity index (χ4v) is 0.974. The van der Waals surface area contributed by atoms with Gasteiger partial charge < -0.3 is 5.32 Å². The number of nitrogens with one attached hydrogen (secondary N) is 2. The molecule has 1 aliphatic rings. The summed E-state index contributed by atoms with van der Waals surface area (Å²) < 4.78 is 0. The van der Waals surface area contributed by atoms with Gasteiger partial charge in [-0.2, -0.15) is 0 Å². The third-order valence-electron chi connectivity index (χ3n) is 1.73. The summed E-state index contributed by atoms with van der Waals surface area (Å²) in [5.41, 5.74) is 2.15. The Balaban J connectivity index is 2.39. The van der Waals surface area contributed by atoms with Crippen LogP contribution in [-0.4, -0.2) is 30.3 Å². The Labute approximate surface area is 80.7 Å². The van der Waals surface area contributed by atoms with Crippen LogP contribution in [0.3, 0.4) is 0 Å². The van der Waals surface area contributed by atoms with Crippen LogP contribution >= 0.6 is 11.6 Å². The van der Waals surface area contributed by atoms with Crippen molar-refractivity contribution in [3.8, 4) is 0 Å². The topological polar surface area (TPSA) is 67.4 Å². The first kappa shape index (κ1) is 10.3. The number of hydrogen-bond donors (Lipinski definition) is 2. The van der Waals surface area contributed by atoms with E-state index in [1.54, 1.807) is 6.92 Å². The molecule has 0 aromatic heterocycles. The molecule has 2 unspecified atom stereocenters. The van der Waals surface area contributed by atoms with Gasteiger partial charge in [-0.05, 0) is 0 Å². The van der Waals surface area contributed by atoms with Crippen LogP contribution in [0.1, 0.15) is 6.92 Å². The van der Waals surface area contributed by atoms with E-state index in [-0.39, 0.29) is 30.2 Å². The second-order valence-electron chi connectivity index (χ2n) is 2.89. The Morgan fingerprint density at radius 1 is 1.92 bits per heavy atom. The van der Waals surface area contributed by atoms with E-state index >= 15 is 0 Å². The van der Waals surface area contributed by atoms with Crippen LogP contribution < -0.4 is 10.8 Å². The maximum atomic E-state index is 11.2. The van der Waals surface area contributed by atoms with Gasteiger partial charge in [-0.3, -0.25) is 14.4 Å². The molecular weight excluding hydrogens is 196 g/mol. The van der Waals surface area contributed by atoms with Gasteiger partial charge in [0.2, 0.25) is 5.91 Å². The van der Waals surface area contributed by atoms with Gasteiger partial charge in [-0.25, -0.2) is 5.48 Å². The van der Waals surface area contributed by atoms with E-state index in [0.717, 1.165) is 0 Å². The lowest BCUT2D eigenvalue weighted by Gasteiger charge is -2.11. The summed E-state index contributed by atoms with van der Waals surface area (Å²) in [6.07, 6.45) is 0. The molecule has 2 N–H and O–H groups in total. The standard InChI is InChI=1S/C7H11ClN2O3/c1-4(2-8)6(11)9-5-3-13-10-7(5)12/h4-5H,2-3H2,1H3,(H,9,11)(H,10,12). The molecular formula is C7H11ClN2O3. The molecule has 0 aromatic rings. The summed E-state index contributed by atoms with van der Waals surface area (Å²) in [5, 5.41) is 2.52. The summed E-state index contributed by atoms with van der Waals surface area (Å²) in [4.78, 5) is 26.8. The number of halogens is 1. The lowest BCUT2D eigenvalue weighted by atomic mass is 10.2. The van der Waals surface area contributed by atoms with Crippen molar-refractivity contribution in [2.24, 2.45) is 5.92 Å². The van der Waals surface area contributed by atoms with Crippen LogP contribution in [0, 0.1) is 5.92 Å². The molecule has 1 rings (SSSR count). The lowest BCUT2D eigenvalue weighted by Crippen LogP contribution is -2.44. The molecule has 0 bridgehead atoms. The first-order valence-electron chi connectivity index (χ1n) is 3.93. The average Bonchev–Trinajstić information content (AvgIpc) is 2.50. The van der Waals surface area contributed by atoms with Crippen LogP contribution in [0.4, 0.5) is 0 Å². The number of carbonyl (C=O) groups is 2. The molecule has 0 saturated carbocycles. The number of carbonyl (C=O) groups excluding carboxylic acids is 2. The zero-order valence-corrected chi connectivity index (χ0v) is 7.93. The summed E-state index contributed by atoms with van der Waals surface area (Å²) in [6.45, 7) is 1.86. The molecule has 1 fully saturated rings. The highest BCUT2D eigenvalue weighted by atomic mass is 35.5. The fraction of sp³-hybridized carbons (Fsp3) is 0.714. The Bertz CT molecular complexity index is 222. The van der Waals surface area contributed by atoms with Crippen LogP contribution in [-0.2, 0) is 14.4 Å². The second kappa shape index (κ2) is 4.43. The highest BCUT2D eigenvalue weighted by molar-refractivity contribution is 6.19. The maximum absolute atomic E-state index is 11.2. The minimum atomic E-state index is -0.585. The molecule has 1 heterocycles. The van der Waals surface area contributed by atoms with Crippen LogP contribution in [0.2, 0.25) is 0 Å². The average molecular weight is 207 g/mol. The van der Waals surface area contributed by atoms with E-state index in [1.807, 2.05) is 0 Å². The second-order valence-corrected chi connectivity index (χ2v) is 3.20. The van der Waals surface area contributed by atoms with Crippen molar-refractivity contribution in [3.63, 3.8) is 0 Å². The normalized spacial score (nSPS) is 23.8. The molecule has 6 heteroatoms. The third kappa shape index (κ3) is 2.57. The smallest absolute Gasteiger partial charge is 0.268 e. The molecule has 0 spiro atoms. The van der Waals surface area contributed by atoms with Crippen LogP contribution in [0.5, 0.6) is 0 Å². The zero-order valence-electron chi connectivity index (χ0n) is 7.17. The van der Waals surface area contributed by atoms with Crippen molar-refractivity contribution in [2.45, 2.75) is 13.0 Å². The molecule has 0 aromatic carbocycles. The Hall–Kier alpha value is -0.810. The van der Waals surface area contributed by atoms with Crippen molar-refractivity contribution < 1.29 is 14.4 Å². The minimum Gasteiger partial charge on any atom is -0.342 e. The van der Waals surface area contributed by atoms with E-state index in [0.29, 0.717) is 0 Å². The number of amides is 2. The SMILES string of the molecule is CC(CCl)C(=O)NC1CONC1=O. The molecule has 5 nitrogen and oxygen atoms in total. The van der Waals surface area contributed by atoms with Gasteiger partial charge in [0, 0.05) is 11.8 Å². The lowest BCUT2D eigenvalue weighted by molar-refractivity contribution is -0.129. The van der Waals surface area contributed by atoms with E-state index in [4.69, 9.17) is 11.6 Å². The van der Waals surface area contributed by atoms with E-state index < -0.39 is 6.04 Å². The van der Waals surface area contributed by atoms with Crippen molar-refractivity contribution in [1.29, 1.82) is 0 Å². The van der Waals surface area contributed by atoms with Crippen LogP contribution in [0.25, 0.3) is 0 Å². The minimum absolute atomic E-state index is 0.166. The van der Waals surface area contributed by atoms with Crippen molar-refractivity contribution in [3.05, 3.63) is 0 Å². The number of rotatable bonds is 3. The molecule has 0 radical (unpaired) electrons. The number of hydrogen-bond acceptors (Lipinski definition) is 3. The largest absolute Gasteiger partial charge is 0.342 e. The van der Waals surface area contributed by atoms with Crippen molar-refractivity contribution in [1.82, 2.24) is 10.8 Å². The van der Waals surface area contributed by atoms with Gasteiger partial charge in [-0.1, -0.05) is 6.92 Å². The highest BCUT2D eigenvalue weighted by Gasteiger charge is 2.28. The molecule has 1 saturated heterocycles. The third-order valence-corrected chi connectivity index (χ3v) is 2.20. The first-order chi connectivity index (χ1) is 6.15. The molecule has 1 aliphatic heterocycles. The van der Waals surface area contributed by atoms with Gasteiger partial charge in [0.25, 0.3) is 5.91 Å². The Morgan fingerprint density at radius 3 is 3.08 bits per heavy atom. The maximum Gasteiger partial charge on any atom is 0.268 e. The molecule has 2 atom stereocenters. The summed E-state index contributed by atoms with van der Waals surface area (Å²) >= 11 is 5.48. The van der Waals surface area contributed by atoms with E-state index in [1.165, 1.54) is 0 Å². The van der Waals surface area contributed by atoms with Crippen molar-refractivity contribution in [2.75, 3.05) is 12.5 Å². The molecule has 2 amide bonds. The Kier molecular flexibility index (Phi) is 3.50. The number of alkyl halides is 1. The van der Waals surface area contributed by atoms with Gasteiger partial charge in [-0.15, -0.1) is 11.6 Å². The van der Waals surface area contributed by atoms with Crippen molar-refractivity contribution >= 4 is 23.4 Å². The summed E-state index contributed by atoms with van der Waals surface area (Å²) in [5.74, 6) is -0.619. The summed E-state index contributed by atoms with van der Waals surface area (Å²) in [6, 6.07) is -0.585. The predicted molar refractivity (Wildman–Crippen MR) is 45.9 cm³/mol. The van der Waals surface area contributed by atoms with E-state index in [2.05, 4.69) is 15.6 Å². The number of hydroxylamine groups is 1. The summed E-state index contributed by atoms with van der Waals surface area (Å²) in [7, 11) is 0. The first-order valence-corrected chi connectivity index (χ1v) is 4.46. The van der Waals surface area contributed by atoms with Gasteiger partial charge in [0.05, 0.1) is 0 Å². The molecule has 0 aliphatic carbocycles. The van der Waals surface area contributed by atoms with E-state index in [9.17, 15) is 9.59 Å². The Morgan fingerprint density at radius 2 is 2.62 bits per heavy atom. The van der Waals surface area contributed by atoms with Gasteiger partial charge >= 0.3 is 0 Å². The molecule has 13 heavy (non-hydrogen) atoms. The fourth-order valence-electron chi connectivity index (χ4n) is 0.834. The van der Waals surface area contributed by atoms with Crippen LogP contribution in [0.15, 0.2) is 0 Å². The zero-order chi connectivity index (χ0) is 9.84. The van der Waals surface area contributed by atoms with Gasteiger partial charge in [0.1, 0.15) is 12.6 Å².